The summed E-state index contributed by atoms with van der Waals surface area (Å²) in [6.45, 7) is 2.89. The molecule has 1 heterocycles. The predicted molar refractivity (Wildman–Crippen MR) is 34.2 cm³/mol. The van der Waals surface area contributed by atoms with E-state index in [0.29, 0.717) is 5.92 Å². The van der Waals surface area contributed by atoms with E-state index in [1.165, 1.54) is 0 Å². The zero-order chi connectivity index (χ0) is 6.69. The average molecular weight is 128 g/mol. The molecule has 2 unspecified atom stereocenters. The van der Waals surface area contributed by atoms with Crippen molar-refractivity contribution in [2.45, 2.75) is 25.9 Å². The quantitative estimate of drug-likeness (QED) is 0.492. The van der Waals surface area contributed by atoms with E-state index in [1.54, 1.807) is 0 Å². The molecule has 2 atom stereocenters. The highest BCUT2D eigenvalue weighted by atomic mass is 16.5. The molecule has 0 aromatic carbocycles. The summed E-state index contributed by atoms with van der Waals surface area (Å²) >= 11 is 0. The molecule has 1 aliphatic rings. The minimum atomic E-state index is -0.110. The molecule has 0 aromatic rings. The van der Waals surface area contributed by atoms with E-state index in [4.69, 9.17) is 4.74 Å². The van der Waals surface area contributed by atoms with E-state index in [2.05, 4.69) is 6.92 Å². The van der Waals surface area contributed by atoms with Gasteiger partial charge in [0.2, 0.25) is 0 Å². The molecule has 2 nitrogen and oxygen atoms in total. The molecule has 0 spiro atoms. The monoisotopic (exact) mass is 128 g/mol. The number of ether oxygens (including phenoxy) is 1. The third-order valence-electron chi connectivity index (χ3n) is 1.69. The van der Waals surface area contributed by atoms with Crippen LogP contribution in [0.2, 0.25) is 0 Å². The summed E-state index contributed by atoms with van der Waals surface area (Å²) in [6.07, 6.45) is 2.82. The smallest absolute Gasteiger partial charge is 0.148 e. The van der Waals surface area contributed by atoms with Crippen LogP contribution in [0.25, 0.3) is 0 Å². The van der Waals surface area contributed by atoms with Gasteiger partial charge >= 0.3 is 0 Å². The van der Waals surface area contributed by atoms with Gasteiger partial charge in [0.05, 0.1) is 6.61 Å². The second-order valence-electron chi connectivity index (χ2n) is 2.69. The zero-order valence-corrected chi connectivity index (χ0v) is 5.67. The fourth-order valence-electron chi connectivity index (χ4n) is 1.01. The molecule has 0 bridgehead atoms. The number of hydrogen-bond acceptors (Lipinski definition) is 2. The summed E-state index contributed by atoms with van der Waals surface area (Å²) < 4.78 is 5.17. The molecule has 0 amide bonds. The van der Waals surface area contributed by atoms with Crippen LogP contribution in [0, 0.1) is 5.92 Å². The fraction of sp³-hybridized carbons (Fsp3) is 0.857. The maximum Gasteiger partial charge on any atom is 0.148 e. The van der Waals surface area contributed by atoms with Gasteiger partial charge in [-0.2, -0.15) is 0 Å². The van der Waals surface area contributed by atoms with Gasteiger partial charge < -0.3 is 9.53 Å². The summed E-state index contributed by atoms with van der Waals surface area (Å²) in [7, 11) is 0. The standard InChI is InChI=1S/C7H12O2/c1-6-2-3-7(4-8)9-5-6/h4,6-7H,2-3,5H2,1H3. The minimum Gasteiger partial charge on any atom is -0.370 e. The van der Waals surface area contributed by atoms with Gasteiger partial charge in [-0.3, -0.25) is 0 Å². The van der Waals surface area contributed by atoms with Gasteiger partial charge in [-0.15, -0.1) is 0 Å². The van der Waals surface area contributed by atoms with Crippen molar-refractivity contribution >= 4 is 6.29 Å². The van der Waals surface area contributed by atoms with E-state index >= 15 is 0 Å². The molecular formula is C7H12O2. The third kappa shape index (κ3) is 1.79. The Morgan fingerprint density at radius 2 is 2.33 bits per heavy atom. The molecule has 0 aliphatic carbocycles. The first kappa shape index (κ1) is 6.75. The molecule has 0 saturated carbocycles. The SMILES string of the molecule is CC1CCC(C=O)OC1. The van der Waals surface area contributed by atoms with Crippen molar-refractivity contribution in [1.82, 2.24) is 0 Å². The minimum absolute atomic E-state index is 0.110. The lowest BCUT2D eigenvalue weighted by atomic mass is 10.0. The number of rotatable bonds is 1. The van der Waals surface area contributed by atoms with Crippen LogP contribution in [0.4, 0.5) is 0 Å². The lowest BCUT2D eigenvalue weighted by Gasteiger charge is -2.22. The lowest BCUT2D eigenvalue weighted by molar-refractivity contribution is -0.122. The third-order valence-corrected chi connectivity index (χ3v) is 1.69. The Balaban J connectivity index is 2.26. The molecule has 0 aromatic heterocycles. The molecule has 0 N–H and O–H groups in total. The van der Waals surface area contributed by atoms with Crippen molar-refractivity contribution in [1.29, 1.82) is 0 Å². The molecule has 1 rings (SSSR count). The Morgan fingerprint density at radius 1 is 1.56 bits per heavy atom. The van der Waals surface area contributed by atoms with E-state index in [0.717, 1.165) is 25.7 Å². The molecule has 1 aliphatic heterocycles. The Kier molecular flexibility index (Phi) is 2.22. The summed E-state index contributed by atoms with van der Waals surface area (Å²) in [5.74, 6) is 0.640. The van der Waals surface area contributed by atoms with Crippen LogP contribution in [0.5, 0.6) is 0 Å². The first-order valence-corrected chi connectivity index (χ1v) is 3.40. The van der Waals surface area contributed by atoms with Crippen LogP contribution in [0.15, 0.2) is 0 Å². The summed E-state index contributed by atoms with van der Waals surface area (Å²) in [5, 5.41) is 0. The highest BCUT2D eigenvalue weighted by molar-refractivity contribution is 5.55. The average Bonchev–Trinajstić information content (AvgIpc) is 1.90. The van der Waals surface area contributed by atoms with E-state index in [1.807, 2.05) is 0 Å². The topological polar surface area (TPSA) is 26.3 Å². The van der Waals surface area contributed by atoms with Crippen LogP contribution in [0.1, 0.15) is 19.8 Å². The second-order valence-corrected chi connectivity index (χ2v) is 2.69. The number of carbonyl (C=O) groups is 1. The normalized spacial score (nSPS) is 36.1. The summed E-state index contributed by atoms with van der Waals surface area (Å²) in [5.41, 5.74) is 0. The molecule has 52 valence electrons. The van der Waals surface area contributed by atoms with Crippen LogP contribution < -0.4 is 0 Å². The van der Waals surface area contributed by atoms with Crippen LogP contribution in [-0.4, -0.2) is 19.0 Å². The van der Waals surface area contributed by atoms with Crippen LogP contribution in [-0.2, 0) is 9.53 Å². The molecule has 0 radical (unpaired) electrons. The van der Waals surface area contributed by atoms with Crippen molar-refractivity contribution in [2.75, 3.05) is 6.61 Å². The first-order chi connectivity index (χ1) is 4.33. The highest BCUT2D eigenvalue weighted by Crippen LogP contribution is 2.16. The molecule has 1 fully saturated rings. The Hall–Kier alpha value is -0.370. The Bertz CT molecular complexity index is 93.1. The first-order valence-electron chi connectivity index (χ1n) is 3.40. The van der Waals surface area contributed by atoms with Crippen LogP contribution >= 0.6 is 0 Å². The number of hydrogen-bond donors (Lipinski definition) is 0. The maximum absolute atomic E-state index is 10.1. The van der Waals surface area contributed by atoms with Gasteiger partial charge in [-0.05, 0) is 18.8 Å². The maximum atomic E-state index is 10.1. The second kappa shape index (κ2) is 2.97. The van der Waals surface area contributed by atoms with Gasteiger partial charge in [0.1, 0.15) is 12.4 Å². The molecule has 2 heteroatoms. The largest absolute Gasteiger partial charge is 0.370 e. The predicted octanol–water partition coefficient (Wildman–Crippen LogP) is 1.00. The van der Waals surface area contributed by atoms with Gasteiger partial charge in [0.15, 0.2) is 0 Å². The van der Waals surface area contributed by atoms with Crippen molar-refractivity contribution in [3.63, 3.8) is 0 Å². The van der Waals surface area contributed by atoms with Crippen molar-refractivity contribution in [2.24, 2.45) is 5.92 Å². The molecule has 9 heavy (non-hydrogen) atoms. The number of carbonyl (C=O) groups excluding carboxylic acids is 1. The van der Waals surface area contributed by atoms with Crippen molar-refractivity contribution in [3.05, 3.63) is 0 Å². The Labute approximate surface area is 55.2 Å². The van der Waals surface area contributed by atoms with Gasteiger partial charge in [-0.25, -0.2) is 0 Å². The van der Waals surface area contributed by atoms with Gasteiger partial charge in [0.25, 0.3) is 0 Å². The van der Waals surface area contributed by atoms with E-state index in [-0.39, 0.29) is 6.10 Å². The summed E-state index contributed by atoms with van der Waals surface area (Å²) in [6, 6.07) is 0. The van der Waals surface area contributed by atoms with Gasteiger partial charge in [-0.1, -0.05) is 6.92 Å². The lowest BCUT2D eigenvalue weighted by Crippen LogP contribution is -2.25. The number of aldehydes is 1. The van der Waals surface area contributed by atoms with Crippen molar-refractivity contribution in [3.8, 4) is 0 Å². The zero-order valence-electron chi connectivity index (χ0n) is 5.67. The molecular weight excluding hydrogens is 116 g/mol. The highest BCUT2D eigenvalue weighted by Gasteiger charge is 2.16. The van der Waals surface area contributed by atoms with E-state index < -0.39 is 0 Å². The van der Waals surface area contributed by atoms with Crippen molar-refractivity contribution < 1.29 is 9.53 Å². The van der Waals surface area contributed by atoms with Crippen LogP contribution in [0.3, 0.4) is 0 Å². The molecule has 1 saturated heterocycles. The van der Waals surface area contributed by atoms with Gasteiger partial charge in [0, 0.05) is 0 Å². The summed E-state index contributed by atoms with van der Waals surface area (Å²) in [4.78, 5) is 10.1. The fourth-order valence-corrected chi connectivity index (χ4v) is 1.01. The Morgan fingerprint density at radius 3 is 2.78 bits per heavy atom. The van der Waals surface area contributed by atoms with E-state index in [9.17, 15) is 4.79 Å².